The molecule has 32 heavy (non-hydrogen) atoms. The van der Waals surface area contributed by atoms with Gasteiger partial charge in [-0.3, -0.25) is 0 Å². The number of hydrogen-bond donors (Lipinski definition) is 0. The Hall–Kier alpha value is -3.22. The van der Waals surface area contributed by atoms with E-state index in [1.54, 1.807) is 12.2 Å². The first-order valence-electron chi connectivity index (χ1n) is 10.6. The highest BCUT2D eigenvalue weighted by molar-refractivity contribution is 5.87. The lowest BCUT2D eigenvalue weighted by molar-refractivity contribution is -0.149. The Balaban J connectivity index is 1.27. The van der Waals surface area contributed by atoms with Gasteiger partial charge in [0.25, 0.3) is 0 Å². The van der Waals surface area contributed by atoms with Crippen LogP contribution < -0.4 is 0 Å². The van der Waals surface area contributed by atoms with E-state index < -0.39 is 36.4 Å². The van der Waals surface area contributed by atoms with E-state index in [1.807, 2.05) is 62.4 Å². The van der Waals surface area contributed by atoms with Crippen molar-refractivity contribution in [3.8, 4) is 0 Å². The van der Waals surface area contributed by atoms with Gasteiger partial charge in [-0.15, -0.1) is 0 Å². The Kier molecular flexibility index (Phi) is 6.83. The Morgan fingerprint density at radius 2 is 1.09 bits per heavy atom. The number of benzene rings is 2. The first-order chi connectivity index (χ1) is 15.5. The molecule has 2 saturated heterocycles. The van der Waals surface area contributed by atoms with Crippen LogP contribution in [-0.2, 0) is 28.5 Å². The van der Waals surface area contributed by atoms with Crippen molar-refractivity contribution in [2.24, 2.45) is 0 Å². The van der Waals surface area contributed by atoms with Crippen molar-refractivity contribution in [2.45, 2.75) is 38.3 Å². The fraction of sp³-hybridized carbons (Fsp3) is 0.308. The van der Waals surface area contributed by atoms with E-state index in [1.165, 1.54) is 12.2 Å². The third-order valence-corrected chi connectivity index (χ3v) is 5.48. The molecule has 4 rings (SSSR count). The molecule has 166 valence electrons. The molecular formula is C26H26O6. The van der Waals surface area contributed by atoms with Crippen molar-refractivity contribution < 1.29 is 28.5 Å². The predicted molar refractivity (Wildman–Crippen MR) is 120 cm³/mol. The maximum Gasteiger partial charge on any atom is 0.331 e. The summed E-state index contributed by atoms with van der Waals surface area (Å²) in [6.07, 6.45) is 4.20. The summed E-state index contributed by atoms with van der Waals surface area (Å²) in [4.78, 5) is 24.4. The third-order valence-electron chi connectivity index (χ3n) is 5.48. The van der Waals surface area contributed by atoms with E-state index in [2.05, 4.69) is 0 Å². The van der Waals surface area contributed by atoms with E-state index >= 15 is 0 Å². The van der Waals surface area contributed by atoms with E-state index in [4.69, 9.17) is 18.9 Å². The smallest absolute Gasteiger partial charge is 0.331 e. The van der Waals surface area contributed by atoms with Crippen molar-refractivity contribution in [2.75, 3.05) is 13.2 Å². The zero-order chi connectivity index (χ0) is 22.5. The summed E-state index contributed by atoms with van der Waals surface area (Å²) in [6, 6.07) is 15.6. The highest BCUT2D eigenvalue weighted by Gasteiger charge is 2.50. The fourth-order valence-corrected chi connectivity index (χ4v) is 3.69. The number of ether oxygens (including phenoxy) is 4. The highest BCUT2D eigenvalue weighted by atomic mass is 16.7. The van der Waals surface area contributed by atoms with Gasteiger partial charge in [-0.1, -0.05) is 59.7 Å². The molecule has 0 N–H and O–H groups in total. The largest absolute Gasteiger partial charge is 0.454 e. The Morgan fingerprint density at radius 3 is 1.47 bits per heavy atom. The van der Waals surface area contributed by atoms with Gasteiger partial charge in [0.15, 0.2) is 12.2 Å². The SMILES string of the molecule is Cc1ccc(C=CC(=O)O[C@H]2CO[C@H]3[C@@H]2OC[C@H]3OC(=O)C=Cc2ccc(C)cc2)cc1. The fourth-order valence-electron chi connectivity index (χ4n) is 3.69. The molecule has 4 atom stereocenters. The number of fused-ring (bicyclic) bond motifs is 1. The van der Waals surface area contributed by atoms with Crippen LogP contribution in [0.15, 0.2) is 60.7 Å². The number of rotatable bonds is 6. The van der Waals surface area contributed by atoms with Crippen molar-refractivity contribution in [1.82, 2.24) is 0 Å². The second kappa shape index (κ2) is 9.94. The zero-order valence-corrected chi connectivity index (χ0v) is 18.1. The van der Waals surface area contributed by atoms with Gasteiger partial charge < -0.3 is 18.9 Å². The molecular weight excluding hydrogens is 408 g/mol. The Labute approximate surface area is 187 Å². The third kappa shape index (κ3) is 5.52. The van der Waals surface area contributed by atoms with Crippen LogP contribution in [0.5, 0.6) is 0 Å². The van der Waals surface area contributed by atoms with Gasteiger partial charge in [-0.2, -0.15) is 0 Å². The minimum atomic E-state index is -0.540. The lowest BCUT2D eigenvalue weighted by Gasteiger charge is -2.16. The Bertz CT molecular complexity index is 922. The van der Waals surface area contributed by atoms with Crippen molar-refractivity contribution in [3.63, 3.8) is 0 Å². The van der Waals surface area contributed by atoms with Gasteiger partial charge in [0.05, 0.1) is 13.2 Å². The monoisotopic (exact) mass is 434 g/mol. The molecule has 0 aliphatic carbocycles. The number of hydrogen-bond acceptors (Lipinski definition) is 6. The maximum atomic E-state index is 12.2. The normalized spacial score (nSPS) is 24.7. The molecule has 6 nitrogen and oxygen atoms in total. The highest BCUT2D eigenvalue weighted by Crippen LogP contribution is 2.30. The Morgan fingerprint density at radius 1 is 0.719 bits per heavy atom. The summed E-state index contributed by atoms with van der Waals surface area (Å²) in [5.74, 6) is -0.935. The van der Waals surface area contributed by atoms with Crippen LogP contribution in [0.3, 0.4) is 0 Å². The molecule has 0 bridgehead atoms. The molecule has 0 radical (unpaired) electrons. The summed E-state index contributed by atoms with van der Waals surface area (Å²) >= 11 is 0. The number of carbonyl (C=O) groups is 2. The van der Waals surface area contributed by atoms with Crippen LogP contribution >= 0.6 is 0 Å². The van der Waals surface area contributed by atoms with Crippen LogP contribution in [0.1, 0.15) is 22.3 Å². The average Bonchev–Trinajstić information content (AvgIpc) is 3.36. The van der Waals surface area contributed by atoms with Gasteiger partial charge in [0, 0.05) is 12.2 Å². The summed E-state index contributed by atoms with van der Waals surface area (Å²) < 4.78 is 22.5. The quantitative estimate of drug-likeness (QED) is 0.511. The van der Waals surface area contributed by atoms with E-state index in [0.717, 1.165) is 22.3 Å². The van der Waals surface area contributed by atoms with Crippen LogP contribution in [0.2, 0.25) is 0 Å². The lowest BCUT2D eigenvalue weighted by atomic mass is 10.1. The molecule has 2 aliphatic heterocycles. The lowest BCUT2D eigenvalue weighted by Crippen LogP contribution is -2.35. The van der Waals surface area contributed by atoms with Gasteiger partial charge in [0.1, 0.15) is 12.2 Å². The molecule has 0 aromatic heterocycles. The molecule has 2 aromatic carbocycles. The molecule has 2 aliphatic rings. The molecule has 2 aromatic rings. The molecule has 0 amide bonds. The first kappa shape index (κ1) is 22.0. The minimum absolute atomic E-state index is 0.201. The van der Waals surface area contributed by atoms with Crippen LogP contribution in [0, 0.1) is 13.8 Å². The molecule has 2 heterocycles. The van der Waals surface area contributed by atoms with Crippen molar-refractivity contribution in [3.05, 3.63) is 82.9 Å². The van der Waals surface area contributed by atoms with E-state index in [9.17, 15) is 9.59 Å². The number of esters is 2. The first-order valence-corrected chi connectivity index (χ1v) is 10.6. The summed E-state index contributed by atoms with van der Waals surface area (Å²) in [5, 5.41) is 0. The predicted octanol–water partition coefficient (Wildman–Crippen LogP) is 3.65. The number of carbonyl (C=O) groups excluding carboxylic acids is 2. The van der Waals surface area contributed by atoms with Crippen molar-refractivity contribution >= 4 is 24.1 Å². The average molecular weight is 434 g/mol. The minimum Gasteiger partial charge on any atom is -0.454 e. The van der Waals surface area contributed by atoms with E-state index in [0.29, 0.717) is 0 Å². The van der Waals surface area contributed by atoms with Gasteiger partial charge in [0.2, 0.25) is 0 Å². The molecule has 6 heteroatoms. The summed E-state index contributed by atoms with van der Waals surface area (Å²) in [5.41, 5.74) is 4.13. The van der Waals surface area contributed by atoms with Gasteiger partial charge >= 0.3 is 11.9 Å². The van der Waals surface area contributed by atoms with E-state index in [-0.39, 0.29) is 13.2 Å². The van der Waals surface area contributed by atoms with Crippen LogP contribution in [-0.4, -0.2) is 49.6 Å². The second-order valence-corrected chi connectivity index (χ2v) is 8.03. The zero-order valence-electron chi connectivity index (χ0n) is 18.1. The second-order valence-electron chi connectivity index (χ2n) is 8.03. The van der Waals surface area contributed by atoms with Gasteiger partial charge in [-0.05, 0) is 37.1 Å². The molecule has 0 saturated carbocycles. The van der Waals surface area contributed by atoms with Crippen molar-refractivity contribution in [1.29, 1.82) is 0 Å². The van der Waals surface area contributed by atoms with Crippen LogP contribution in [0.4, 0.5) is 0 Å². The summed E-state index contributed by atoms with van der Waals surface area (Å²) in [7, 11) is 0. The maximum absolute atomic E-state index is 12.2. The molecule has 2 fully saturated rings. The van der Waals surface area contributed by atoms with Gasteiger partial charge in [-0.25, -0.2) is 9.59 Å². The standard InChI is InChI=1S/C26H26O6/c1-17-3-7-19(8-4-17)11-13-23(27)31-21-15-29-26-22(16-30-25(21)26)32-24(28)14-12-20-9-5-18(2)6-10-20/h3-14,21-22,25-26H,15-16H2,1-2H3/t21-,22+,25-,26-/m1/s1. The van der Waals surface area contributed by atoms with Crippen LogP contribution in [0.25, 0.3) is 12.2 Å². The topological polar surface area (TPSA) is 71.1 Å². The molecule has 0 spiro atoms. The molecule has 0 unspecified atom stereocenters. The summed E-state index contributed by atoms with van der Waals surface area (Å²) in [6.45, 7) is 4.41. The number of aryl methyl sites for hydroxylation is 2.